The van der Waals surface area contributed by atoms with Crippen LogP contribution in [0.15, 0.2) is 29.3 Å². The van der Waals surface area contributed by atoms with Gasteiger partial charge in [-0.2, -0.15) is 0 Å². The summed E-state index contributed by atoms with van der Waals surface area (Å²) >= 11 is 0. The minimum atomic E-state index is -0.411. The van der Waals surface area contributed by atoms with Gasteiger partial charge in [0.05, 0.1) is 33.4 Å². The molecule has 1 aromatic carbocycles. The molecule has 0 saturated carbocycles. The Balaban J connectivity index is 2.50. The maximum absolute atomic E-state index is 11.8. The van der Waals surface area contributed by atoms with E-state index >= 15 is 0 Å². The van der Waals surface area contributed by atoms with Crippen molar-refractivity contribution in [1.82, 2.24) is 0 Å². The zero-order chi connectivity index (χ0) is 16.6. The lowest BCUT2D eigenvalue weighted by atomic mass is 10.3. The van der Waals surface area contributed by atoms with Gasteiger partial charge in [0.15, 0.2) is 6.61 Å². The summed E-state index contributed by atoms with van der Waals surface area (Å²) in [6.07, 6.45) is 0.0192. The molecule has 1 rings (SSSR count). The Morgan fingerprint density at radius 1 is 1.23 bits per heavy atom. The molecule has 2 N–H and O–H groups in total. The Morgan fingerprint density at radius 2 is 1.86 bits per heavy atom. The molecule has 1 atom stereocenters. The first-order chi connectivity index (χ1) is 10.3. The summed E-state index contributed by atoms with van der Waals surface area (Å²) in [6, 6.07) is 7.00. The molecule has 0 aliphatic heterocycles. The average molecular weight is 311 g/mol. The van der Waals surface area contributed by atoms with Crippen LogP contribution in [0.25, 0.3) is 0 Å². The van der Waals surface area contributed by atoms with Gasteiger partial charge < -0.3 is 24.2 Å². The highest BCUT2D eigenvalue weighted by Crippen LogP contribution is 2.18. The van der Waals surface area contributed by atoms with Gasteiger partial charge >= 0.3 is 0 Å². The van der Waals surface area contributed by atoms with Crippen molar-refractivity contribution in [2.24, 2.45) is 4.99 Å². The average Bonchev–Trinajstić information content (AvgIpc) is 2.44. The minimum absolute atomic E-state index is 0.118. The summed E-state index contributed by atoms with van der Waals surface area (Å²) in [5, 5.41) is 19.4. The summed E-state index contributed by atoms with van der Waals surface area (Å²) < 4.78 is 11.1. The van der Waals surface area contributed by atoms with E-state index in [4.69, 9.17) is 14.6 Å². The largest absolute Gasteiger partial charge is 0.862 e. The summed E-state index contributed by atoms with van der Waals surface area (Å²) in [5.74, 6) is 0.541. The van der Waals surface area contributed by atoms with E-state index in [1.165, 1.54) is 0 Å². The Hall–Kier alpha value is -1.63. The number of rotatable bonds is 9. The van der Waals surface area contributed by atoms with Gasteiger partial charge in [-0.15, -0.1) is 0 Å². The van der Waals surface area contributed by atoms with Crippen molar-refractivity contribution in [1.29, 1.82) is 0 Å². The molecule has 0 spiro atoms. The van der Waals surface area contributed by atoms with Crippen molar-refractivity contribution in [2.75, 3.05) is 48.0 Å². The van der Waals surface area contributed by atoms with Gasteiger partial charge in [0.25, 0.3) is 0 Å². The molecule has 0 fully saturated rings. The third kappa shape index (κ3) is 7.97. The summed E-state index contributed by atoms with van der Waals surface area (Å²) in [4.78, 5) is 4.07. The fraction of sp³-hybridized carbons (Fsp3) is 0.562. The van der Waals surface area contributed by atoms with Gasteiger partial charge in [0.2, 0.25) is 6.10 Å². The maximum atomic E-state index is 11.8. The highest BCUT2D eigenvalue weighted by Gasteiger charge is 2.08. The Labute approximate surface area is 132 Å². The Morgan fingerprint density at radius 3 is 2.41 bits per heavy atom. The number of hydrogen-bond donors (Lipinski definition) is 0. The van der Waals surface area contributed by atoms with Crippen molar-refractivity contribution in [3.05, 3.63) is 24.3 Å². The van der Waals surface area contributed by atoms with Crippen LogP contribution in [0, 0.1) is 0 Å². The molecule has 0 aliphatic carbocycles. The van der Waals surface area contributed by atoms with E-state index in [2.05, 4.69) is 4.99 Å². The molecule has 0 heterocycles. The number of ether oxygens (including phenoxy) is 2. The van der Waals surface area contributed by atoms with Gasteiger partial charge in [-0.05, 0) is 30.2 Å². The van der Waals surface area contributed by atoms with E-state index in [0.29, 0.717) is 24.5 Å². The third-order valence-electron chi connectivity index (χ3n) is 2.91. The molecule has 0 bridgehead atoms. The standard InChI is InChI=1S/C16H26N2O4/c1-18(2,3)10-9-16(20)17-13-5-7-15(8-6-13)22-12-14(19)11-21-4/h5-8,14,19H,9-12H2,1-4H3/p+1/t14-/m0/s1. The zero-order valence-corrected chi connectivity index (χ0v) is 13.8. The topological polar surface area (TPSA) is 76.8 Å². The van der Waals surface area contributed by atoms with Crippen LogP contribution in [-0.2, 0) is 4.74 Å². The number of methoxy groups -OCH3 is 1. The number of quaternary nitrogens is 1. The van der Waals surface area contributed by atoms with Crippen molar-refractivity contribution >= 4 is 11.6 Å². The molecule has 0 saturated heterocycles. The zero-order valence-electron chi connectivity index (χ0n) is 13.8. The third-order valence-corrected chi connectivity index (χ3v) is 2.91. The highest BCUT2D eigenvalue weighted by molar-refractivity contribution is 5.75. The first-order valence-electron chi connectivity index (χ1n) is 7.28. The van der Waals surface area contributed by atoms with Crippen LogP contribution in [0.5, 0.6) is 5.75 Å². The van der Waals surface area contributed by atoms with E-state index in [0.717, 1.165) is 11.0 Å². The fourth-order valence-corrected chi connectivity index (χ4v) is 1.69. The lowest BCUT2D eigenvalue weighted by Gasteiger charge is -2.25. The molecule has 22 heavy (non-hydrogen) atoms. The van der Waals surface area contributed by atoms with Crippen LogP contribution in [0.1, 0.15) is 6.42 Å². The van der Waals surface area contributed by atoms with Crippen LogP contribution in [0.3, 0.4) is 0 Å². The number of hydrogen-bond acceptors (Lipinski definition) is 4. The molecule has 0 aromatic heterocycles. The van der Waals surface area contributed by atoms with Crippen LogP contribution in [-0.4, -0.2) is 69.6 Å². The molecule has 0 unspecified atom stereocenters. The second kappa shape index (κ2) is 8.73. The summed E-state index contributed by atoms with van der Waals surface area (Å²) in [5.41, 5.74) is 0.623. The van der Waals surface area contributed by atoms with E-state index in [1.54, 1.807) is 31.4 Å². The fourth-order valence-electron chi connectivity index (χ4n) is 1.69. The van der Waals surface area contributed by atoms with Crippen molar-refractivity contribution in [3.63, 3.8) is 0 Å². The molecular formula is C16H27N2O4+. The molecule has 6 nitrogen and oxygen atoms in total. The van der Waals surface area contributed by atoms with E-state index in [9.17, 15) is 5.11 Å². The summed E-state index contributed by atoms with van der Waals surface area (Å²) in [7, 11) is 7.70. The lowest BCUT2D eigenvalue weighted by Crippen LogP contribution is -2.38. The van der Waals surface area contributed by atoms with Gasteiger partial charge in [-0.25, -0.2) is 0 Å². The van der Waals surface area contributed by atoms with Gasteiger partial charge in [0, 0.05) is 13.5 Å². The van der Waals surface area contributed by atoms with E-state index in [-0.39, 0.29) is 12.5 Å². The molecule has 0 radical (unpaired) electrons. The first-order valence-corrected chi connectivity index (χ1v) is 7.28. The minimum Gasteiger partial charge on any atom is -0.862 e. The second-order valence-corrected chi connectivity index (χ2v) is 6.23. The predicted molar refractivity (Wildman–Crippen MR) is 85.8 cm³/mol. The molecule has 0 aliphatic rings. The lowest BCUT2D eigenvalue weighted by molar-refractivity contribution is -0.869. The molecule has 6 heteroatoms. The quantitative estimate of drug-likeness (QED) is 0.285. The summed E-state index contributed by atoms with van der Waals surface area (Å²) in [6.45, 7) is 1.37. The smallest absolute Gasteiger partial charge is 0.212 e. The molecule has 124 valence electrons. The Kier molecular flexibility index (Phi) is 7.31. The molecule has 1 aromatic rings. The maximum Gasteiger partial charge on any atom is 0.212 e. The van der Waals surface area contributed by atoms with Crippen LogP contribution in [0.4, 0.5) is 5.69 Å². The van der Waals surface area contributed by atoms with Gasteiger partial charge in [0.1, 0.15) is 12.4 Å². The van der Waals surface area contributed by atoms with Gasteiger partial charge in [-0.3, -0.25) is 4.99 Å². The number of benzene rings is 1. The Bertz CT molecular complexity index is 466. The number of nitrogens with zero attached hydrogens (tertiary/aromatic N) is 2. The van der Waals surface area contributed by atoms with Crippen LogP contribution < -0.4 is 9.84 Å². The van der Waals surface area contributed by atoms with E-state index < -0.39 is 6.10 Å². The molecule has 0 amide bonds. The first kappa shape index (κ1) is 18.4. The normalized spacial score (nSPS) is 14.0. The van der Waals surface area contributed by atoms with Gasteiger partial charge in [-0.1, -0.05) is 0 Å². The van der Waals surface area contributed by atoms with E-state index in [1.807, 2.05) is 21.1 Å². The van der Waals surface area contributed by atoms with Crippen molar-refractivity contribution in [2.45, 2.75) is 12.5 Å². The highest BCUT2D eigenvalue weighted by atomic mass is 16.5. The number of aliphatic imine (C=N–C) groups is 1. The predicted octanol–water partition coefficient (Wildman–Crippen LogP) is 0.292. The SMILES string of the molecule is COC[C@H]([OH2+])COc1ccc(N=C([O-])CC[N+](C)(C)C)cc1. The molecular weight excluding hydrogens is 284 g/mol. The van der Waals surface area contributed by atoms with Crippen molar-refractivity contribution in [3.8, 4) is 5.75 Å². The van der Waals surface area contributed by atoms with Crippen LogP contribution >= 0.6 is 0 Å². The van der Waals surface area contributed by atoms with Crippen molar-refractivity contribution < 1.29 is 24.2 Å². The van der Waals surface area contributed by atoms with Crippen LogP contribution in [0.2, 0.25) is 0 Å². The monoisotopic (exact) mass is 311 g/mol. The second-order valence-electron chi connectivity index (χ2n) is 6.23.